The van der Waals surface area contributed by atoms with E-state index < -0.39 is 10.0 Å². The van der Waals surface area contributed by atoms with Crippen LogP contribution in [0.3, 0.4) is 0 Å². The molecule has 4 rings (SSSR count). The highest BCUT2D eigenvalue weighted by molar-refractivity contribution is 7.89. The predicted molar refractivity (Wildman–Crippen MR) is 118 cm³/mol. The Morgan fingerprint density at radius 3 is 2.57 bits per heavy atom. The summed E-state index contributed by atoms with van der Waals surface area (Å²) in [6.45, 7) is 4.62. The second-order valence-electron chi connectivity index (χ2n) is 8.63. The van der Waals surface area contributed by atoms with Gasteiger partial charge in [-0.2, -0.15) is 4.31 Å². The maximum absolute atomic E-state index is 13.0. The van der Waals surface area contributed by atoms with Gasteiger partial charge in [0.1, 0.15) is 0 Å². The number of carbonyl (C=O) groups excluding carboxylic acids is 1. The van der Waals surface area contributed by atoms with Crippen molar-refractivity contribution in [1.29, 1.82) is 0 Å². The van der Waals surface area contributed by atoms with Crippen LogP contribution in [0.25, 0.3) is 0 Å². The van der Waals surface area contributed by atoms with E-state index in [4.69, 9.17) is 0 Å². The largest absolute Gasteiger partial charge is 0.349 e. The first kappa shape index (κ1) is 21.1. The summed E-state index contributed by atoms with van der Waals surface area (Å²) < 4.78 is 27.5. The molecular weight excluding hydrogens is 396 g/mol. The second kappa shape index (κ2) is 8.52. The van der Waals surface area contributed by atoms with Crippen molar-refractivity contribution in [1.82, 2.24) is 9.62 Å². The van der Waals surface area contributed by atoms with Crippen LogP contribution in [0.4, 0.5) is 0 Å². The van der Waals surface area contributed by atoms with E-state index in [1.165, 1.54) is 21.9 Å². The molecule has 2 unspecified atom stereocenters. The minimum Gasteiger partial charge on any atom is -0.349 e. The van der Waals surface area contributed by atoms with Gasteiger partial charge in [0.15, 0.2) is 0 Å². The Balaban J connectivity index is 1.42. The van der Waals surface area contributed by atoms with E-state index >= 15 is 0 Å². The lowest BCUT2D eigenvalue weighted by molar-refractivity contribution is -0.126. The van der Waals surface area contributed by atoms with Crippen molar-refractivity contribution in [3.8, 4) is 0 Å². The first-order valence-corrected chi connectivity index (χ1v) is 12.3. The van der Waals surface area contributed by atoms with E-state index in [1.807, 2.05) is 13.8 Å². The molecule has 0 aromatic heterocycles. The number of hydrogen-bond acceptors (Lipinski definition) is 3. The molecular formula is C24H30N2O3S. The molecule has 0 saturated carbocycles. The predicted octanol–water partition coefficient (Wildman–Crippen LogP) is 3.76. The number of amides is 1. The van der Waals surface area contributed by atoms with Crippen LogP contribution < -0.4 is 5.32 Å². The summed E-state index contributed by atoms with van der Waals surface area (Å²) in [6, 6.07) is 13.3. The smallest absolute Gasteiger partial charge is 0.243 e. The minimum atomic E-state index is -3.58. The standard InChI is InChI=1S/C24H30N2O3S/c1-17-8-12-23(13-9-17)30(28,29)26-14-4-7-22(16-26)24(27)25-18(2)20-11-10-19-5-3-6-21(19)15-20/h8-13,15,18,22H,3-7,14,16H2,1-2H3,(H,25,27). The zero-order valence-electron chi connectivity index (χ0n) is 17.7. The molecule has 1 aliphatic heterocycles. The van der Waals surface area contributed by atoms with Gasteiger partial charge in [-0.3, -0.25) is 4.79 Å². The average Bonchev–Trinajstić information content (AvgIpc) is 3.22. The zero-order valence-corrected chi connectivity index (χ0v) is 18.5. The number of benzene rings is 2. The first-order valence-electron chi connectivity index (χ1n) is 10.8. The van der Waals surface area contributed by atoms with Crippen LogP contribution in [-0.2, 0) is 27.7 Å². The lowest BCUT2D eigenvalue weighted by Gasteiger charge is -2.32. The van der Waals surface area contributed by atoms with Gasteiger partial charge in [0.25, 0.3) is 0 Å². The van der Waals surface area contributed by atoms with Gasteiger partial charge in [-0.05, 0) is 74.8 Å². The number of aryl methyl sites for hydroxylation is 3. The summed E-state index contributed by atoms with van der Waals surface area (Å²) in [5.74, 6) is -0.386. The molecule has 1 heterocycles. The lowest BCUT2D eigenvalue weighted by atomic mass is 9.97. The van der Waals surface area contributed by atoms with Gasteiger partial charge < -0.3 is 5.32 Å². The van der Waals surface area contributed by atoms with Crippen molar-refractivity contribution < 1.29 is 13.2 Å². The van der Waals surface area contributed by atoms with E-state index in [0.29, 0.717) is 24.3 Å². The molecule has 2 atom stereocenters. The van der Waals surface area contributed by atoms with E-state index in [0.717, 1.165) is 24.0 Å². The van der Waals surface area contributed by atoms with Crippen LogP contribution in [0.5, 0.6) is 0 Å². The first-order chi connectivity index (χ1) is 14.3. The fourth-order valence-corrected chi connectivity index (χ4v) is 6.03. The summed E-state index contributed by atoms with van der Waals surface area (Å²) in [7, 11) is -3.58. The molecule has 0 radical (unpaired) electrons. The third-order valence-corrected chi connectivity index (χ3v) is 8.27. The highest BCUT2D eigenvalue weighted by Gasteiger charge is 2.33. The minimum absolute atomic E-state index is 0.0631. The second-order valence-corrected chi connectivity index (χ2v) is 10.6. The Morgan fingerprint density at radius 1 is 1.07 bits per heavy atom. The highest BCUT2D eigenvalue weighted by Crippen LogP contribution is 2.27. The Labute approximate surface area is 179 Å². The topological polar surface area (TPSA) is 66.5 Å². The average molecular weight is 427 g/mol. The molecule has 1 amide bonds. The SMILES string of the molecule is Cc1ccc(S(=O)(=O)N2CCCC(C(=O)NC(C)c3ccc4c(c3)CCC4)C2)cc1. The Kier molecular flexibility index (Phi) is 5.98. The van der Waals surface area contributed by atoms with Crippen molar-refractivity contribution in [3.63, 3.8) is 0 Å². The molecule has 1 saturated heterocycles. The van der Waals surface area contributed by atoms with Crippen molar-refractivity contribution in [2.75, 3.05) is 13.1 Å². The molecule has 160 valence electrons. The number of piperidine rings is 1. The van der Waals surface area contributed by atoms with Crippen LogP contribution in [0.2, 0.25) is 0 Å². The van der Waals surface area contributed by atoms with Crippen LogP contribution in [0, 0.1) is 12.8 Å². The van der Waals surface area contributed by atoms with Gasteiger partial charge in [0.2, 0.25) is 15.9 Å². The van der Waals surface area contributed by atoms with Gasteiger partial charge >= 0.3 is 0 Å². The van der Waals surface area contributed by atoms with E-state index in [-0.39, 0.29) is 24.4 Å². The van der Waals surface area contributed by atoms with Crippen molar-refractivity contribution in [3.05, 3.63) is 64.7 Å². The van der Waals surface area contributed by atoms with Gasteiger partial charge in [-0.25, -0.2) is 8.42 Å². The molecule has 0 bridgehead atoms. The molecule has 1 aliphatic carbocycles. The molecule has 1 fully saturated rings. The zero-order chi connectivity index (χ0) is 21.3. The van der Waals surface area contributed by atoms with E-state index in [9.17, 15) is 13.2 Å². The normalized spacial score (nSPS) is 20.5. The molecule has 1 N–H and O–H groups in total. The van der Waals surface area contributed by atoms with Crippen LogP contribution in [0.15, 0.2) is 47.4 Å². The third kappa shape index (κ3) is 4.30. The van der Waals surface area contributed by atoms with E-state index in [2.05, 4.69) is 23.5 Å². The Bertz CT molecular complexity index is 1030. The number of sulfonamides is 1. The Morgan fingerprint density at radius 2 is 1.80 bits per heavy atom. The van der Waals surface area contributed by atoms with Crippen LogP contribution in [-0.4, -0.2) is 31.7 Å². The third-order valence-electron chi connectivity index (χ3n) is 6.39. The molecule has 2 aromatic carbocycles. The summed E-state index contributed by atoms with van der Waals surface area (Å²) >= 11 is 0. The molecule has 5 nitrogen and oxygen atoms in total. The molecule has 2 aromatic rings. The number of hydrogen-bond donors (Lipinski definition) is 1. The number of carbonyl (C=O) groups is 1. The number of fused-ring (bicyclic) bond motifs is 1. The van der Waals surface area contributed by atoms with Crippen molar-refractivity contribution in [2.24, 2.45) is 5.92 Å². The van der Waals surface area contributed by atoms with Gasteiger partial charge in [-0.15, -0.1) is 0 Å². The molecule has 2 aliphatic rings. The molecule has 6 heteroatoms. The maximum atomic E-state index is 13.0. The monoisotopic (exact) mass is 426 g/mol. The van der Waals surface area contributed by atoms with Gasteiger partial charge in [-0.1, -0.05) is 35.9 Å². The lowest BCUT2D eigenvalue weighted by Crippen LogP contribution is -2.45. The number of rotatable bonds is 5. The summed E-state index contributed by atoms with van der Waals surface area (Å²) in [5, 5.41) is 3.12. The van der Waals surface area contributed by atoms with E-state index in [1.54, 1.807) is 24.3 Å². The van der Waals surface area contributed by atoms with Crippen molar-refractivity contribution >= 4 is 15.9 Å². The van der Waals surface area contributed by atoms with Gasteiger partial charge in [0, 0.05) is 13.1 Å². The molecule has 0 spiro atoms. The maximum Gasteiger partial charge on any atom is 0.243 e. The fraction of sp³-hybridized carbons (Fsp3) is 0.458. The van der Waals surface area contributed by atoms with Crippen LogP contribution in [0.1, 0.15) is 54.5 Å². The Hall–Kier alpha value is -2.18. The summed E-state index contributed by atoms with van der Waals surface area (Å²) in [4.78, 5) is 13.2. The quantitative estimate of drug-likeness (QED) is 0.792. The number of nitrogens with one attached hydrogen (secondary N) is 1. The fourth-order valence-electron chi connectivity index (χ4n) is 4.51. The molecule has 30 heavy (non-hydrogen) atoms. The van der Waals surface area contributed by atoms with Crippen molar-refractivity contribution in [2.45, 2.75) is 56.9 Å². The summed E-state index contributed by atoms with van der Waals surface area (Å²) in [5.41, 5.74) is 4.94. The summed E-state index contributed by atoms with van der Waals surface area (Å²) in [6.07, 6.45) is 4.86. The van der Waals surface area contributed by atoms with Crippen LogP contribution >= 0.6 is 0 Å². The highest BCUT2D eigenvalue weighted by atomic mass is 32.2. The number of nitrogens with zero attached hydrogens (tertiary/aromatic N) is 1. The van der Waals surface area contributed by atoms with Gasteiger partial charge in [0.05, 0.1) is 16.9 Å².